The molecule has 4 rings (SSSR count). The maximum absolute atomic E-state index is 6.01. The largest absolute Gasteiger partial charge is 0.354 e. The van der Waals surface area contributed by atoms with E-state index in [9.17, 15) is 0 Å². The highest BCUT2D eigenvalue weighted by Gasteiger charge is 2.23. The Morgan fingerprint density at radius 2 is 2.18 bits per heavy atom. The number of fused-ring (bicyclic) bond motifs is 1. The number of anilines is 1. The van der Waals surface area contributed by atoms with Gasteiger partial charge in [-0.2, -0.15) is 5.10 Å². The molecule has 1 saturated heterocycles. The number of nitrogens with two attached hydrogens (primary N) is 1. The van der Waals surface area contributed by atoms with E-state index >= 15 is 0 Å². The van der Waals surface area contributed by atoms with Crippen molar-refractivity contribution in [1.29, 1.82) is 0 Å². The molecule has 0 spiro atoms. The first-order valence-corrected chi connectivity index (χ1v) is 7.48. The SMILES string of the molecule is Cc1cccc(-n2ncc3c(N4CCC(N)C4)ncnc32)c1. The second-order valence-corrected chi connectivity index (χ2v) is 5.82. The molecular formula is C16H18N6. The smallest absolute Gasteiger partial charge is 0.168 e. The Balaban J connectivity index is 1.83. The van der Waals surface area contributed by atoms with Crippen molar-refractivity contribution < 1.29 is 0 Å². The van der Waals surface area contributed by atoms with Crippen molar-refractivity contribution in [3.8, 4) is 5.69 Å². The van der Waals surface area contributed by atoms with E-state index in [1.807, 2.05) is 23.0 Å². The van der Waals surface area contributed by atoms with Crippen LogP contribution < -0.4 is 10.6 Å². The average Bonchev–Trinajstić information content (AvgIpc) is 3.13. The van der Waals surface area contributed by atoms with Crippen LogP contribution in [0.2, 0.25) is 0 Å². The van der Waals surface area contributed by atoms with Crippen LogP contribution in [0.1, 0.15) is 12.0 Å². The highest BCUT2D eigenvalue weighted by Crippen LogP contribution is 2.26. The molecule has 1 fully saturated rings. The van der Waals surface area contributed by atoms with Gasteiger partial charge in [0.2, 0.25) is 0 Å². The van der Waals surface area contributed by atoms with Crippen molar-refractivity contribution in [2.75, 3.05) is 18.0 Å². The molecule has 6 nitrogen and oxygen atoms in total. The molecule has 2 aromatic heterocycles. The molecule has 0 amide bonds. The molecule has 0 aliphatic carbocycles. The molecule has 6 heteroatoms. The fraction of sp³-hybridized carbons (Fsp3) is 0.312. The summed E-state index contributed by atoms with van der Waals surface area (Å²) in [7, 11) is 0. The van der Waals surface area contributed by atoms with Crippen molar-refractivity contribution >= 4 is 16.9 Å². The minimum atomic E-state index is 0.219. The lowest BCUT2D eigenvalue weighted by atomic mass is 10.2. The van der Waals surface area contributed by atoms with Gasteiger partial charge in [0.05, 0.1) is 17.3 Å². The van der Waals surface area contributed by atoms with E-state index in [1.165, 1.54) is 5.56 Å². The third-order valence-corrected chi connectivity index (χ3v) is 4.12. The van der Waals surface area contributed by atoms with Gasteiger partial charge in [-0.1, -0.05) is 12.1 Å². The van der Waals surface area contributed by atoms with Gasteiger partial charge in [0.25, 0.3) is 0 Å². The molecular weight excluding hydrogens is 276 g/mol. The van der Waals surface area contributed by atoms with Crippen molar-refractivity contribution in [3.05, 3.63) is 42.4 Å². The summed E-state index contributed by atoms with van der Waals surface area (Å²) in [6.07, 6.45) is 4.45. The highest BCUT2D eigenvalue weighted by molar-refractivity contribution is 5.87. The number of aromatic nitrogens is 4. The Morgan fingerprint density at radius 3 is 2.95 bits per heavy atom. The van der Waals surface area contributed by atoms with E-state index in [2.05, 4.69) is 39.0 Å². The molecule has 112 valence electrons. The molecule has 0 saturated carbocycles. The average molecular weight is 294 g/mol. The lowest BCUT2D eigenvalue weighted by molar-refractivity contribution is 0.751. The van der Waals surface area contributed by atoms with E-state index < -0.39 is 0 Å². The van der Waals surface area contributed by atoms with Crippen LogP contribution in [0.4, 0.5) is 5.82 Å². The second kappa shape index (κ2) is 5.06. The quantitative estimate of drug-likeness (QED) is 0.778. The summed E-state index contributed by atoms with van der Waals surface area (Å²) >= 11 is 0. The van der Waals surface area contributed by atoms with E-state index in [1.54, 1.807) is 6.33 Å². The van der Waals surface area contributed by atoms with Crippen LogP contribution in [0.25, 0.3) is 16.7 Å². The Bertz CT molecular complexity index is 824. The van der Waals surface area contributed by atoms with E-state index in [4.69, 9.17) is 5.73 Å². The van der Waals surface area contributed by atoms with Gasteiger partial charge in [0, 0.05) is 19.1 Å². The Kier molecular flexibility index (Phi) is 3.04. The first-order valence-electron chi connectivity index (χ1n) is 7.48. The number of nitrogens with zero attached hydrogens (tertiary/aromatic N) is 5. The normalized spacial score (nSPS) is 18.3. The van der Waals surface area contributed by atoms with E-state index in [0.29, 0.717) is 0 Å². The maximum atomic E-state index is 6.01. The molecule has 1 atom stereocenters. The predicted octanol–water partition coefficient (Wildman–Crippen LogP) is 1.66. The monoisotopic (exact) mass is 294 g/mol. The van der Waals surface area contributed by atoms with E-state index in [-0.39, 0.29) is 6.04 Å². The second-order valence-electron chi connectivity index (χ2n) is 5.82. The molecule has 1 aliphatic rings. The molecule has 1 aromatic carbocycles. The van der Waals surface area contributed by atoms with Crippen LogP contribution >= 0.6 is 0 Å². The molecule has 3 aromatic rings. The number of benzene rings is 1. The zero-order valence-corrected chi connectivity index (χ0v) is 12.5. The zero-order chi connectivity index (χ0) is 15.1. The molecule has 1 aliphatic heterocycles. The summed E-state index contributed by atoms with van der Waals surface area (Å²) in [5.41, 5.74) is 9.05. The molecule has 22 heavy (non-hydrogen) atoms. The lowest BCUT2D eigenvalue weighted by Crippen LogP contribution is -2.27. The summed E-state index contributed by atoms with van der Waals surface area (Å²) in [5, 5.41) is 5.48. The van der Waals surface area contributed by atoms with Crippen LogP contribution in [-0.2, 0) is 0 Å². The third kappa shape index (κ3) is 2.12. The van der Waals surface area contributed by atoms with Gasteiger partial charge in [0.1, 0.15) is 12.1 Å². The van der Waals surface area contributed by atoms with Gasteiger partial charge in [-0.05, 0) is 31.0 Å². The van der Waals surface area contributed by atoms with Crippen molar-refractivity contribution in [2.45, 2.75) is 19.4 Å². The number of hydrogen-bond acceptors (Lipinski definition) is 5. The molecule has 2 N–H and O–H groups in total. The Labute approximate surface area is 128 Å². The van der Waals surface area contributed by atoms with Crippen LogP contribution in [0.3, 0.4) is 0 Å². The Hall–Kier alpha value is -2.47. The van der Waals surface area contributed by atoms with Gasteiger partial charge >= 0.3 is 0 Å². The van der Waals surface area contributed by atoms with Crippen molar-refractivity contribution in [2.24, 2.45) is 5.73 Å². The number of aryl methyl sites for hydroxylation is 1. The topological polar surface area (TPSA) is 72.9 Å². The third-order valence-electron chi connectivity index (χ3n) is 4.12. The first kappa shape index (κ1) is 13.2. The predicted molar refractivity (Wildman–Crippen MR) is 86.2 cm³/mol. The first-order chi connectivity index (χ1) is 10.7. The number of hydrogen-bond donors (Lipinski definition) is 1. The number of rotatable bonds is 2. The van der Waals surface area contributed by atoms with Crippen molar-refractivity contribution in [3.63, 3.8) is 0 Å². The van der Waals surface area contributed by atoms with Gasteiger partial charge in [-0.15, -0.1) is 0 Å². The fourth-order valence-electron chi connectivity index (χ4n) is 3.01. The Morgan fingerprint density at radius 1 is 1.27 bits per heavy atom. The summed E-state index contributed by atoms with van der Waals surface area (Å²) < 4.78 is 1.86. The summed E-state index contributed by atoms with van der Waals surface area (Å²) in [5.74, 6) is 0.928. The lowest BCUT2D eigenvalue weighted by Gasteiger charge is -2.17. The van der Waals surface area contributed by atoms with Crippen LogP contribution in [-0.4, -0.2) is 38.9 Å². The summed E-state index contributed by atoms with van der Waals surface area (Å²) in [6.45, 7) is 3.84. The molecule has 3 heterocycles. The van der Waals surface area contributed by atoms with Crippen molar-refractivity contribution in [1.82, 2.24) is 19.7 Å². The van der Waals surface area contributed by atoms with Gasteiger partial charge < -0.3 is 10.6 Å². The minimum Gasteiger partial charge on any atom is -0.354 e. The van der Waals surface area contributed by atoms with Gasteiger partial charge in [-0.3, -0.25) is 0 Å². The highest BCUT2D eigenvalue weighted by atomic mass is 15.3. The molecule has 0 bridgehead atoms. The zero-order valence-electron chi connectivity index (χ0n) is 12.5. The van der Waals surface area contributed by atoms with Crippen LogP contribution in [0.15, 0.2) is 36.8 Å². The van der Waals surface area contributed by atoms with Crippen LogP contribution in [0, 0.1) is 6.92 Å². The summed E-state index contributed by atoms with van der Waals surface area (Å²) in [6, 6.07) is 8.45. The summed E-state index contributed by atoms with van der Waals surface area (Å²) in [4.78, 5) is 11.1. The van der Waals surface area contributed by atoms with Crippen LogP contribution in [0.5, 0.6) is 0 Å². The van der Waals surface area contributed by atoms with Gasteiger partial charge in [0.15, 0.2) is 5.65 Å². The molecule has 0 radical (unpaired) electrons. The van der Waals surface area contributed by atoms with E-state index in [0.717, 1.165) is 42.0 Å². The molecule has 1 unspecified atom stereocenters. The minimum absolute atomic E-state index is 0.219. The maximum Gasteiger partial charge on any atom is 0.168 e. The standard InChI is InChI=1S/C16H18N6/c1-11-3-2-4-13(7-11)22-16-14(8-20-22)15(18-10-19-16)21-6-5-12(17)9-21/h2-4,7-8,10,12H,5-6,9,17H2,1H3. The van der Waals surface area contributed by atoms with Gasteiger partial charge in [-0.25, -0.2) is 14.6 Å². The fourth-order valence-corrected chi connectivity index (χ4v) is 3.01.